The molecule has 0 radical (unpaired) electrons. The average molecular weight is 1160 g/mol. The number of carboxylic acids is 2. The monoisotopic (exact) mass is 1160 g/mol. The normalized spacial score (nSPS) is 20.8. The summed E-state index contributed by atoms with van der Waals surface area (Å²) in [6.45, 7) is 0.218. The zero-order chi connectivity index (χ0) is 56.1. The Morgan fingerprint density at radius 2 is 1.60 bits per heavy atom. The number of aliphatic carboxylic acids is 2. The largest absolute Gasteiger partial charge is 0.481 e. The molecule has 35 heteroatoms. The molecule has 15 N–H and O–H groups in total. The molecule has 0 spiro atoms. The number of fused-ring (bicyclic) bond motifs is 1. The molecule has 75 heavy (non-hydrogen) atoms. The van der Waals surface area contributed by atoms with E-state index in [0.717, 1.165) is 40.7 Å². The Labute approximate surface area is 436 Å². The molecule has 0 aromatic carbocycles. The summed E-state index contributed by atoms with van der Waals surface area (Å²) in [5.41, 5.74) is 9.75. The van der Waals surface area contributed by atoms with Crippen LogP contribution in [0.1, 0.15) is 52.2 Å². The number of ether oxygens (including phenoxy) is 1. The first kappa shape index (κ1) is 65.0. The number of carbonyl (C=O) groups excluding carboxylic acids is 3. The smallest absolute Gasteiger partial charge is 0.481 e. The van der Waals surface area contributed by atoms with Gasteiger partial charge in [-0.15, -0.1) is 11.8 Å². The third kappa shape index (κ3) is 23.5. The highest BCUT2D eigenvalue weighted by atomic mass is 32.2. The van der Waals surface area contributed by atoms with E-state index in [2.05, 4.69) is 34.4 Å². The second-order valence-corrected chi connectivity index (χ2v) is 23.3. The molecule has 2 amide bonds. The summed E-state index contributed by atoms with van der Waals surface area (Å²) in [5, 5.41) is 54.2. The molecule has 1 fully saturated rings. The lowest BCUT2D eigenvalue weighted by Gasteiger charge is -2.30. The highest BCUT2D eigenvalue weighted by Gasteiger charge is 2.50. The summed E-state index contributed by atoms with van der Waals surface area (Å²) in [5.74, 6) is -3.48. The fourth-order valence-corrected chi connectivity index (χ4v) is 10.8. The number of aliphatic hydroxyl groups excluding tert-OH is 3. The number of aliphatic hydroxyl groups is 3. The third-order valence-corrected chi connectivity index (χ3v) is 15.5. The van der Waals surface area contributed by atoms with E-state index in [-0.39, 0.29) is 78.8 Å². The predicted octanol–water partition coefficient (Wildman–Crippen LogP) is 0.409. The molecule has 0 saturated carbocycles. The van der Waals surface area contributed by atoms with Gasteiger partial charge in [0.2, 0.25) is 11.8 Å². The van der Waals surface area contributed by atoms with Crippen LogP contribution in [0.5, 0.6) is 0 Å². The van der Waals surface area contributed by atoms with Crippen molar-refractivity contribution in [1.82, 2.24) is 30.2 Å². The van der Waals surface area contributed by atoms with E-state index in [1.165, 1.54) is 13.8 Å². The van der Waals surface area contributed by atoms with Gasteiger partial charge < -0.3 is 71.9 Å². The lowest BCUT2D eigenvalue weighted by molar-refractivity contribution is -0.138. The van der Waals surface area contributed by atoms with Crippen LogP contribution in [0.4, 0.5) is 5.82 Å². The van der Waals surface area contributed by atoms with Crippen LogP contribution in [0.25, 0.3) is 11.2 Å². The van der Waals surface area contributed by atoms with Crippen LogP contribution >= 0.6 is 47.0 Å². The van der Waals surface area contributed by atoms with Crippen molar-refractivity contribution in [3.63, 3.8) is 0 Å². The molecule has 3 rings (SSSR count). The highest BCUT2D eigenvalue weighted by Crippen LogP contribution is 2.61. The summed E-state index contributed by atoms with van der Waals surface area (Å²) < 4.78 is 62.4. The van der Waals surface area contributed by atoms with Crippen LogP contribution in [0.3, 0.4) is 0 Å². The minimum Gasteiger partial charge on any atom is -0.481 e. The zero-order valence-electron chi connectivity index (χ0n) is 40.1. The van der Waals surface area contributed by atoms with E-state index >= 15 is 0 Å². The number of anilines is 1. The van der Waals surface area contributed by atoms with Crippen molar-refractivity contribution in [1.29, 1.82) is 0 Å². The van der Waals surface area contributed by atoms with Crippen molar-refractivity contribution in [2.75, 3.05) is 43.5 Å². The Bertz CT molecular complexity index is 2530. The molecule has 2 aromatic heterocycles. The van der Waals surface area contributed by atoms with Gasteiger partial charge in [0.05, 0.1) is 25.6 Å². The molecule has 30 nitrogen and oxygen atoms in total. The van der Waals surface area contributed by atoms with Gasteiger partial charge in [-0.25, -0.2) is 28.6 Å². The molecule has 10 unspecified atom stereocenters. The summed E-state index contributed by atoms with van der Waals surface area (Å²) >= 11 is 2.11. The number of imidazole rings is 1. The number of phosphoric acid groups is 3. The number of nitrogens with two attached hydrogens (primary N) is 2. The van der Waals surface area contributed by atoms with Crippen molar-refractivity contribution in [2.24, 2.45) is 11.1 Å². The SMILES string of the molecule is CC(C)(COP(=O)(O)OP(=O)(O)OCC1OC(n2cnc3c(N)ncnc32)C(O)C1OP(=O)(O)O)C(O)C(=O)NCCC(=O)NCCSC(=O)CC=CC=CC=CC=CC(SCC(N)C(=O)O)C(O)CCCC(=O)O. The Morgan fingerprint density at radius 1 is 0.933 bits per heavy atom. The molecule has 3 heterocycles. The maximum absolute atomic E-state index is 12.8. The summed E-state index contributed by atoms with van der Waals surface area (Å²) in [4.78, 5) is 110. The quantitative estimate of drug-likeness (QED) is 0.0256. The van der Waals surface area contributed by atoms with E-state index in [1.807, 2.05) is 0 Å². The maximum Gasteiger partial charge on any atom is 0.481 e. The van der Waals surface area contributed by atoms with Crippen molar-refractivity contribution >= 4 is 92.8 Å². The molecule has 1 saturated heterocycles. The number of allylic oxidation sites excluding steroid dienone is 7. The molecule has 0 bridgehead atoms. The van der Waals surface area contributed by atoms with Crippen LogP contribution in [0.15, 0.2) is 61.3 Å². The second kappa shape index (κ2) is 30.6. The van der Waals surface area contributed by atoms with Crippen molar-refractivity contribution in [3.8, 4) is 0 Å². The summed E-state index contributed by atoms with van der Waals surface area (Å²) in [7, 11) is -16.5. The lowest BCUT2D eigenvalue weighted by Crippen LogP contribution is -2.46. The molecule has 1 aliphatic rings. The predicted molar refractivity (Wildman–Crippen MR) is 268 cm³/mol. The summed E-state index contributed by atoms with van der Waals surface area (Å²) in [6, 6.07) is -1.13. The molecule has 2 aromatic rings. The zero-order valence-corrected chi connectivity index (χ0v) is 44.4. The van der Waals surface area contributed by atoms with E-state index in [4.69, 9.17) is 35.5 Å². The number of nitrogen functional groups attached to an aromatic ring is 1. The van der Waals surface area contributed by atoms with E-state index < -0.39 is 114 Å². The average Bonchev–Trinajstić information content (AvgIpc) is 3.88. The molecule has 0 aliphatic carbocycles. The standard InChI is InChI=1S/C40H61N8O22P3S2/c1-40(2,21-67-73(64,65)70-72(62,63)66-19-26-33(69-71(59,60)61)32(54)38(68-26)48-23-47-31-35(42)45-22-46-36(31)48)34(55)37(56)44-16-15-28(50)43-17-18-74-30(53)14-9-7-5-3-4-6-8-12-27(75-20-24(41)39(57)58)25(49)11-10-13-29(51)52/h3-9,12,22-27,32-34,38,49,54-55H,10-11,13-21,41H2,1-2H3,(H,43,50)(H,44,56)(H,51,52)(H,57,58)(H,62,63)(H,64,65)(H2,42,45,46)(H2,59,60,61). The van der Waals surface area contributed by atoms with Gasteiger partial charge in [-0.2, -0.15) is 4.31 Å². The lowest BCUT2D eigenvalue weighted by atomic mass is 9.87. The third-order valence-electron chi connectivity index (χ3n) is 10.1. The molecule has 1 aliphatic heterocycles. The molecular weight excluding hydrogens is 1100 g/mol. The number of phosphoric ester groups is 3. The van der Waals surface area contributed by atoms with Crippen LogP contribution in [0.2, 0.25) is 0 Å². The molecular formula is C40H61N8O22P3S2. The Kier molecular flexibility index (Phi) is 26.5. The number of aromatic nitrogens is 4. The van der Waals surface area contributed by atoms with E-state index in [9.17, 15) is 72.6 Å². The number of hydrogen-bond donors (Lipinski definition) is 13. The maximum atomic E-state index is 12.8. The first-order valence-electron chi connectivity index (χ1n) is 22.2. The van der Waals surface area contributed by atoms with Gasteiger partial charge in [-0.05, 0) is 12.8 Å². The van der Waals surface area contributed by atoms with Gasteiger partial charge in [0.25, 0.3) is 0 Å². The number of nitrogens with one attached hydrogen (secondary N) is 2. The van der Waals surface area contributed by atoms with Gasteiger partial charge >= 0.3 is 35.4 Å². The van der Waals surface area contributed by atoms with Crippen molar-refractivity contribution < 1.29 is 105 Å². The number of carbonyl (C=O) groups is 5. The van der Waals surface area contributed by atoms with Crippen LogP contribution in [-0.2, 0) is 60.3 Å². The summed E-state index contributed by atoms with van der Waals surface area (Å²) in [6.07, 6.45) is 5.60. The van der Waals surface area contributed by atoms with Crippen molar-refractivity contribution in [3.05, 3.63) is 61.3 Å². The first-order chi connectivity index (χ1) is 35.0. The highest BCUT2D eigenvalue weighted by molar-refractivity contribution is 8.13. The topological polar surface area (TPSA) is 484 Å². The van der Waals surface area contributed by atoms with Crippen molar-refractivity contribution in [2.45, 2.75) is 94.0 Å². The number of amides is 2. The number of carboxylic acid groups (broad SMARTS) is 2. The van der Waals surface area contributed by atoms with E-state index in [1.54, 1.807) is 48.6 Å². The van der Waals surface area contributed by atoms with Gasteiger partial charge in [0, 0.05) is 54.5 Å². The van der Waals surface area contributed by atoms with Crippen LogP contribution in [0, 0.1) is 5.41 Å². The fourth-order valence-electron chi connectivity index (χ4n) is 6.23. The Morgan fingerprint density at radius 3 is 2.27 bits per heavy atom. The minimum absolute atomic E-state index is 0.0125. The van der Waals surface area contributed by atoms with Gasteiger partial charge in [0.15, 0.2) is 22.8 Å². The van der Waals surface area contributed by atoms with Gasteiger partial charge in [-0.1, -0.05) is 74.2 Å². The minimum atomic E-state index is -5.61. The van der Waals surface area contributed by atoms with Crippen LogP contribution in [-0.4, -0.2) is 173 Å². The number of thioether (sulfide) groups is 2. The van der Waals surface area contributed by atoms with E-state index in [0.29, 0.717) is 0 Å². The Hall–Kier alpha value is -4.27. The number of rotatable bonds is 34. The second-order valence-electron chi connectivity index (χ2n) is 16.7. The molecule has 10 atom stereocenters. The number of nitrogens with zero attached hydrogens (tertiary/aromatic N) is 4. The fraction of sp³-hybridized carbons (Fsp3) is 0.550. The van der Waals surface area contributed by atoms with Gasteiger partial charge in [-0.3, -0.25) is 42.1 Å². The Balaban J connectivity index is 1.35. The van der Waals surface area contributed by atoms with Gasteiger partial charge in [0.1, 0.15) is 42.3 Å². The first-order valence-corrected chi connectivity index (χ1v) is 28.8. The number of hydrogen-bond acceptors (Lipinski definition) is 23. The molecule has 420 valence electrons. The van der Waals surface area contributed by atoms with Crippen LogP contribution < -0.4 is 22.1 Å².